The van der Waals surface area contributed by atoms with Crippen molar-refractivity contribution in [3.05, 3.63) is 94.5 Å². The van der Waals surface area contributed by atoms with Crippen LogP contribution in [-0.4, -0.2) is 11.8 Å². The van der Waals surface area contributed by atoms with E-state index < -0.39 is 0 Å². The van der Waals surface area contributed by atoms with E-state index in [1.807, 2.05) is 24.3 Å². The smallest absolute Gasteiger partial charge is 0.255 e. The number of anilines is 2. The third kappa shape index (κ3) is 4.96. The first kappa shape index (κ1) is 18.7. The second kappa shape index (κ2) is 8.52. The molecule has 5 heteroatoms. The van der Waals surface area contributed by atoms with Crippen molar-refractivity contribution in [2.24, 2.45) is 0 Å². The number of hydrogen-bond acceptors (Lipinski definition) is 2. The molecule has 0 radical (unpaired) electrons. The van der Waals surface area contributed by atoms with Gasteiger partial charge in [0.25, 0.3) is 11.8 Å². The van der Waals surface area contributed by atoms with Gasteiger partial charge in [0.2, 0.25) is 0 Å². The maximum Gasteiger partial charge on any atom is 0.255 e. The lowest BCUT2D eigenvalue weighted by molar-refractivity contribution is 0.101. The maximum atomic E-state index is 12.3. The summed E-state index contributed by atoms with van der Waals surface area (Å²) in [6, 6.07) is 21.2. The maximum absolute atomic E-state index is 12.3. The van der Waals surface area contributed by atoms with Crippen molar-refractivity contribution in [3.63, 3.8) is 0 Å². The summed E-state index contributed by atoms with van der Waals surface area (Å²) in [4.78, 5) is 24.5. The molecule has 0 bridgehead atoms. The fraction of sp³-hybridized carbons (Fsp3) is 0.0909. The molecule has 0 aromatic heterocycles. The van der Waals surface area contributed by atoms with Crippen LogP contribution in [0.1, 0.15) is 33.2 Å². The van der Waals surface area contributed by atoms with E-state index in [2.05, 4.69) is 17.6 Å². The van der Waals surface area contributed by atoms with E-state index in [0.717, 1.165) is 6.42 Å². The number of carbonyl (C=O) groups excluding carboxylic acids is 2. The van der Waals surface area contributed by atoms with Crippen LogP contribution >= 0.6 is 11.6 Å². The van der Waals surface area contributed by atoms with Gasteiger partial charge in [0.1, 0.15) is 0 Å². The summed E-state index contributed by atoms with van der Waals surface area (Å²) in [5.74, 6) is -0.418. The molecule has 0 aliphatic carbocycles. The van der Waals surface area contributed by atoms with Crippen molar-refractivity contribution in [1.82, 2.24) is 0 Å². The van der Waals surface area contributed by atoms with Gasteiger partial charge in [-0.1, -0.05) is 36.7 Å². The molecule has 27 heavy (non-hydrogen) atoms. The molecule has 0 unspecified atom stereocenters. The molecule has 0 fully saturated rings. The van der Waals surface area contributed by atoms with Crippen molar-refractivity contribution in [2.45, 2.75) is 13.3 Å². The van der Waals surface area contributed by atoms with E-state index in [1.54, 1.807) is 48.5 Å². The monoisotopic (exact) mass is 378 g/mol. The highest BCUT2D eigenvalue weighted by Crippen LogP contribution is 2.17. The van der Waals surface area contributed by atoms with Gasteiger partial charge in [-0.25, -0.2) is 0 Å². The second-order valence-electron chi connectivity index (χ2n) is 6.05. The van der Waals surface area contributed by atoms with Crippen LogP contribution in [0, 0.1) is 0 Å². The highest BCUT2D eigenvalue weighted by molar-refractivity contribution is 6.31. The molecule has 4 nitrogen and oxygen atoms in total. The fourth-order valence-electron chi connectivity index (χ4n) is 2.56. The summed E-state index contributed by atoms with van der Waals surface area (Å²) in [6.45, 7) is 2.07. The quantitative estimate of drug-likeness (QED) is 0.623. The third-order valence-corrected chi connectivity index (χ3v) is 4.35. The number of benzene rings is 3. The first-order valence-electron chi connectivity index (χ1n) is 8.62. The summed E-state index contributed by atoms with van der Waals surface area (Å²) in [5, 5.41) is 6.15. The van der Waals surface area contributed by atoms with Gasteiger partial charge in [-0.3, -0.25) is 9.59 Å². The second-order valence-corrected chi connectivity index (χ2v) is 6.48. The topological polar surface area (TPSA) is 58.2 Å². The number of aryl methyl sites for hydroxylation is 1. The Hall–Kier alpha value is -3.11. The Labute approximate surface area is 163 Å². The average Bonchev–Trinajstić information content (AvgIpc) is 2.69. The Morgan fingerprint density at radius 2 is 1.33 bits per heavy atom. The molecular formula is C22H19ClN2O2. The number of amides is 2. The van der Waals surface area contributed by atoms with E-state index in [4.69, 9.17) is 11.6 Å². The standard InChI is InChI=1S/C22H19ClN2O2/c1-2-15-6-8-16(9-7-15)21(26)24-19-10-12-20(13-11-19)25-22(27)17-4-3-5-18(23)14-17/h3-14H,2H2,1H3,(H,24,26)(H,25,27). The van der Waals surface area contributed by atoms with Gasteiger partial charge in [0.05, 0.1) is 0 Å². The highest BCUT2D eigenvalue weighted by atomic mass is 35.5. The van der Waals surface area contributed by atoms with Crippen LogP contribution in [0.25, 0.3) is 0 Å². The molecule has 3 aromatic rings. The normalized spacial score (nSPS) is 10.3. The molecule has 0 heterocycles. The number of carbonyl (C=O) groups is 2. The first-order valence-corrected chi connectivity index (χ1v) is 9.00. The van der Waals surface area contributed by atoms with E-state index in [-0.39, 0.29) is 11.8 Å². The fourth-order valence-corrected chi connectivity index (χ4v) is 2.76. The van der Waals surface area contributed by atoms with E-state index >= 15 is 0 Å². The molecule has 0 saturated heterocycles. The molecule has 3 aromatic carbocycles. The first-order chi connectivity index (χ1) is 13.0. The Kier molecular flexibility index (Phi) is 5.89. The predicted octanol–water partition coefficient (Wildman–Crippen LogP) is 5.41. The number of halogens is 1. The summed E-state index contributed by atoms with van der Waals surface area (Å²) in [5.41, 5.74) is 3.55. The van der Waals surface area contributed by atoms with Crippen LogP contribution in [-0.2, 0) is 6.42 Å². The van der Waals surface area contributed by atoms with Crippen molar-refractivity contribution in [2.75, 3.05) is 10.6 Å². The minimum absolute atomic E-state index is 0.173. The van der Waals surface area contributed by atoms with Gasteiger partial charge in [0.15, 0.2) is 0 Å². The SMILES string of the molecule is CCc1ccc(C(=O)Nc2ccc(NC(=O)c3cccc(Cl)c3)cc2)cc1. The molecular weight excluding hydrogens is 360 g/mol. The lowest BCUT2D eigenvalue weighted by Gasteiger charge is -2.09. The third-order valence-electron chi connectivity index (χ3n) is 4.11. The van der Waals surface area contributed by atoms with Crippen LogP contribution in [0.3, 0.4) is 0 Å². The Morgan fingerprint density at radius 1 is 0.778 bits per heavy atom. The van der Waals surface area contributed by atoms with E-state index in [9.17, 15) is 9.59 Å². The molecule has 0 aliphatic rings. The highest BCUT2D eigenvalue weighted by Gasteiger charge is 2.08. The average molecular weight is 379 g/mol. The van der Waals surface area contributed by atoms with Crippen LogP contribution in [0.15, 0.2) is 72.8 Å². The molecule has 2 N–H and O–H groups in total. The number of rotatable bonds is 5. The lowest BCUT2D eigenvalue weighted by atomic mass is 10.1. The number of nitrogens with one attached hydrogen (secondary N) is 2. The Balaban J connectivity index is 1.62. The predicted molar refractivity (Wildman–Crippen MR) is 110 cm³/mol. The Bertz CT molecular complexity index is 951. The molecule has 136 valence electrons. The van der Waals surface area contributed by atoms with Crippen molar-refractivity contribution in [3.8, 4) is 0 Å². The summed E-state index contributed by atoms with van der Waals surface area (Å²) in [7, 11) is 0. The van der Waals surface area contributed by atoms with Gasteiger partial charge in [-0.05, 0) is 66.6 Å². The van der Waals surface area contributed by atoms with Crippen molar-refractivity contribution < 1.29 is 9.59 Å². The number of hydrogen-bond donors (Lipinski definition) is 2. The lowest BCUT2D eigenvalue weighted by Crippen LogP contribution is -2.13. The van der Waals surface area contributed by atoms with Gasteiger partial charge < -0.3 is 10.6 Å². The largest absolute Gasteiger partial charge is 0.322 e. The zero-order valence-corrected chi connectivity index (χ0v) is 15.6. The summed E-state index contributed by atoms with van der Waals surface area (Å²) < 4.78 is 0. The summed E-state index contributed by atoms with van der Waals surface area (Å²) in [6.07, 6.45) is 0.935. The molecule has 0 atom stereocenters. The molecule has 0 saturated carbocycles. The van der Waals surface area contributed by atoms with Gasteiger partial charge in [0, 0.05) is 27.5 Å². The molecule has 3 rings (SSSR count). The van der Waals surface area contributed by atoms with Crippen LogP contribution in [0.4, 0.5) is 11.4 Å². The minimum atomic E-state index is -0.245. The van der Waals surface area contributed by atoms with E-state index in [1.165, 1.54) is 5.56 Å². The molecule has 2 amide bonds. The van der Waals surface area contributed by atoms with Crippen molar-refractivity contribution >= 4 is 34.8 Å². The van der Waals surface area contributed by atoms with Crippen LogP contribution < -0.4 is 10.6 Å². The van der Waals surface area contributed by atoms with E-state index in [0.29, 0.717) is 27.5 Å². The zero-order valence-electron chi connectivity index (χ0n) is 14.8. The van der Waals surface area contributed by atoms with Crippen molar-refractivity contribution in [1.29, 1.82) is 0 Å². The van der Waals surface area contributed by atoms with Gasteiger partial charge >= 0.3 is 0 Å². The van der Waals surface area contributed by atoms with Crippen LogP contribution in [0.2, 0.25) is 5.02 Å². The molecule has 0 spiro atoms. The molecule has 0 aliphatic heterocycles. The zero-order chi connectivity index (χ0) is 19.2. The van der Waals surface area contributed by atoms with Gasteiger partial charge in [-0.2, -0.15) is 0 Å². The van der Waals surface area contributed by atoms with Gasteiger partial charge in [-0.15, -0.1) is 0 Å². The Morgan fingerprint density at radius 3 is 1.85 bits per heavy atom. The van der Waals surface area contributed by atoms with Crippen LogP contribution in [0.5, 0.6) is 0 Å². The minimum Gasteiger partial charge on any atom is -0.322 e. The summed E-state index contributed by atoms with van der Waals surface area (Å²) >= 11 is 5.91.